The number of halogens is 4. The number of alkyl halides is 3. The second-order valence-corrected chi connectivity index (χ2v) is 3.77. The topological polar surface area (TPSA) is 37.3 Å². The fourth-order valence-electron chi connectivity index (χ4n) is 1.08. The van der Waals surface area contributed by atoms with Crippen molar-refractivity contribution in [3.05, 3.63) is 33.8 Å². The van der Waals surface area contributed by atoms with Gasteiger partial charge in [-0.05, 0) is 33.6 Å². The van der Waals surface area contributed by atoms with Crippen molar-refractivity contribution in [3.8, 4) is 0 Å². The van der Waals surface area contributed by atoms with Crippen molar-refractivity contribution in [2.24, 2.45) is 0 Å². The second-order valence-electron chi connectivity index (χ2n) is 2.91. The molecule has 0 saturated heterocycles. The molecular weight excluding hydrogens is 277 g/mol. The fourth-order valence-corrected chi connectivity index (χ4v) is 1.49. The highest BCUT2D eigenvalue weighted by molar-refractivity contribution is 9.10. The van der Waals surface area contributed by atoms with Crippen LogP contribution in [0.4, 0.5) is 13.2 Å². The molecule has 1 aromatic carbocycles. The van der Waals surface area contributed by atoms with Gasteiger partial charge in [-0.15, -0.1) is 0 Å². The van der Waals surface area contributed by atoms with Crippen LogP contribution in [-0.4, -0.2) is 17.3 Å². The molecule has 0 atom stereocenters. The maximum atomic E-state index is 12.0. The molecule has 1 N–H and O–H groups in total. The molecule has 0 spiro atoms. The Morgan fingerprint density at radius 1 is 1.40 bits per heavy atom. The van der Waals surface area contributed by atoms with Crippen molar-refractivity contribution < 1.29 is 23.1 Å². The van der Waals surface area contributed by atoms with Gasteiger partial charge >= 0.3 is 12.1 Å². The molecule has 0 bridgehead atoms. The van der Waals surface area contributed by atoms with Crippen molar-refractivity contribution in [2.45, 2.75) is 12.6 Å². The third kappa shape index (κ3) is 3.54. The lowest BCUT2D eigenvalue weighted by Gasteiger charge is -2.07. The number of rotatable bonds is 2. The summed E-state index contributed by atoms with van der Waals surface area (Å²) in [5.74, 6) is -1.26. The predicted octanol–water partition coefficient (Wildman–Crippen LogP) is 3.25. The maximum absolute atomic E-state index is 12.0. The minimum atomic E-state index is -4.33. The smallest absolute Gasteiger partial charge is 0.393 e. The SMILES string of the molecule is O=C(O)c1cc(CC(F)(F)F)ccc1Br. The molecule has 15 heavy (non-hydrogen) atoms. The zero-order valence-corrected chi connectivity index (χ0v) is 8.89. The molecule has 2 nitrogen and oxygen atoms in total. The third-order valence-electron chi connectivity index (χ3n) is 1.67. The van der Waals surface area contributed by atoms with Crippen molar-refractivity contribution >= 4 is 21.9 Å². The first-order valence-electron chi connectivity index (χ1n) is 3.88. The highest BCUT2D eigenvalue weighted by atomic mass is 79.9. The van der Waals surface area contributed by atoms with Gasteiger partial charge in [0.25, 0.3) is 0 Å². The Balaban J connectivity index is 3.03. The lowest BCUT2D eigenvalue weighted by atomic mass is 10.1. The van der Waals surface area contributed by atoms with Crippen LogP contribution in [0.5, 0.6) is 0 Å². The van der Waals surface area contributed by atoms with Crippen LogP contribution in [0.2, 0.25) is 0 Å². The van der Waals surface area contributed by atoms with Gasteiger partial charge in [-0.1, -0.05) is 6.07 Å². The van der Waals surface area contributed by atoms with Crippen LogP contribution in [0.15, 0.2) is 22.7 Å². The van der Waals surface area contributed by atoms with Gasteiger partial charge < -0.3 is 5.11 Å². The number of carbonyl (C=O) groups is 1. The number of hydrogen-bond acceptors (Lipinski definition) is 1. The predicted molar refractivity (Wildman–Crippen MR) is 50.9 cm³/mol. The van der Waals surface area contributed by atoms with Crippen LogP contribution in [0.25, 0.3) is 0 Å². The molecule has 1 rings (SSSR count). The van der Waals surface area contributed by atoms with Gasteiger partial charge in [-0.2, -0.15) is 13.2 Å². The van der Waals surface area contributed by atoms with Crippen LogP contribution in [0, 0.1) is 0 Å². The Hall–Kier alpha value is -1.04. The molecule has 82 valence electrons. The molecule has 0 unspecified atom stereocenters. The number of carboxylic acid groups (broad SMARTS) is 1. The zero-order chi connectivity index (χ0) is 11.6. The largest absolute Gasteiger partial charge is 0.478 e. The molecule has 0 radical (unpaired) electrons. The molecule has 0 aliphatic rings. The average molecular weight is 283 g/mol. The van der Waals surface area contributed by atoms with E-state index in [0.29, 0.717) is 0 Å². The van der Waals surface area contributed by atoms with Crippen LogP contribution in [0.3, 0.4) is 0 Å². The van der Waals surface area contributed by atoms with Crippen molar-refractivity contribution in [3.63, 3.8) is 0 Å². The maximum Gasteiger partial charge on any atom is 0.393 e. The monoisotopic (exact) mass is 282 g/mol. The van der Waals surface area contributed by atoms with E-state index in [1.807, 2.05) is 0 Å². The molecule has 0 heterocycles. The van der Waals surface area contributed by atoms with Crippen molar-refractivity contribution in [2.75, 3.05) is 0 Å². The van der Waals surface area contributed by atoms with E-state index < -0.39 is 18.6 Å². The zero-order valence-electron chi connectivity index (χ0n) is 7.31. The van der Waals surface area contributed by atoms with Gasteiger partial charge in [0.05, 0.1) is 12.0 Å². The molecule has 6 heteroatoms. The van der Waals surface area contributed by atoms with Gasteiger partial charge in [0.2, 0.25) is 0 Å². The average Bonchev–Trinajstić information content (AvgIpc) is 2.05. The standard InChI is InChI=1S/C9H6BrF3O2/c10-7-2-1-5(4-9(11,12)13)3-6(7)8(14)15/h1-3H,4H2,(H,14,15). The van der Waals surface area contributed by atoms with Crippen molar-refractivity contribution in [1.29, 1.82) is 0 Å². The van der Waals surface area contributed by atoms with E-state index >= 15 is 0 Å². The first-order chi connectivity index (χ1) is 6.79. The molecule has 0 saturated carbocycles. The van der Waals surface area contributed by atoms with Crippen molar-refractivity contribution in [1.82, 2.24) is 0 Å². The molecule has 0 aliphatic heterocycles. The minimum Gasteiger partial charge on any atom is -0.478 e. The lowest BCUT2D eigenvalue weighted by molar-refractivity contribution is -0.127. The summed E-state index contributed by atoms with van der Waals surface area (Å²) in [6, 6.07) is 3.55. The highest BCUT2D eigenvalue weighted by Crippen LogP contribution is 2.24. The summed E-state index contributed by atoms with van der Waals surface area (Å²) in [5.41, 5.74) is -0.236. The van der Waals surface area contributed by atoms with E-state index in [2.05, 4.69) is 15.9 Å². The van der Waals surface area contributed by atoms with E-state index in [1.54, 1.807) is 0 Å². The molecule has 0 aliphatic carbocycles. The number of aromatic carboxylic acids is 1. The quantitative estimate of drug-likeness (QED) is 0.904. The molecular formula is C9H6BrF3O2. The Bertz CT molecular complexity index is 387. The molecule has 0 fully saturated rings. The van der Waals surface area contributed by atoms with Gasteiger partial charge in [-0.25, -0.2) is 4.79 Å². The lowest BCUT2D eigenvalue weighted by Crippen LogP contribution is -2.12. The Morgan fingerprint density at radius 3 is 2.47 bits per heavy atom. The van der Waals surface area contributed by atoms with Crippen LogP contribution >= 0.6 is 15.9 Å². The van der Waals surface area contributed by atoms with Crippen LogP contribution < -0.4 is 0 Å². The number of benzene rings is 1. The summed E-state index contributed by atoms with van der Waals surface area (Å²) >= 11 is 2.95. The summed E-state index contributed by atoms with van der Waals surface area (Å²) in [6.45, 7) is 0. The minimum absolute atomic E-state index is 0.0666. The molecule has 1 aromatic rings. The van der Waals surface area contributed by atoms with E-state index in [1.165, 1.54) is 12.1 Å². The van der Waals surface area contributed by atoms with E-state index in [9.17, 15) is 18.0 Å². The molecule has 0 amide bonds. The fraction of sp³-hybridized carbons (Fsp3) is 0.222. The van der Waals surface area contributed by atoms with Gasteiger partial charge in [-0.3, -0.25) is 0 Å². The number of carboxylic acids is 1. The van der Waals surface area contributed by atoms with E-state index in [4.69, 9.17) is 5.11 Å². The van der Waals surface area contributed by atoms with E-state index in [0.717, 1.165) is 6.07 Å². The second kappa shape index (κ2) is 4.22. The van der Waals surface area contributed by atoms with Gasteiger partial charge in [0, 0.05) is 4.47 Å². The van der Waals surface area contributed by atoms with Crippen LogP contribution in [0.1, 0.15) is 15.9 Å². The summed E-state index contributed by atoms with van der Waals surface area (Å²) in [7, 11) is 0. The Kier molecular flexibility index (Phi) is 3.38. The summed E-state index contributed by atoms with van der Waals surface area (Å²) in [4.78, 5) is 10.6. The number of hydrogen-bond donors (Lipinski definition) is 1. The summed E-state index contributed by atoms with van der Waals surface area (Å²) in [6.07, 6.45) is -5.45. The Morgan fingerprint density at radius 2 is 2.00 bits per heavy atom. The van der Waals surface area contributed by atoms with Gasteiger partial charge in [0.15, 0.2) is 0 Å². The first kappa shape index (κ1) is 12.0. The third-order valence-corrected chi connectivity index (χ3v) is 2.36. The van der Waals surface area contributed by atoms with E-state index in [-0.39, 0.29) is 15.6 Å². The first-order valence-corrected chi connectivity index (χ1v) is 4.67. The normalized spacial score (nSPS) is 11.5. The Labute approximate surface area is 91.8 Å². The van der Waals surface area contributed by atoms with Crippen LogP contribution in [-0.2, 0) is 6.42 Å². The molecule has 0 aromatic heterocycles. The highest BCUT2D eigenvalue weighted by Gasteiger charge is 2.28. The summed E-state index contributed by atoms with van der Waals surface area (Å²) in [5, 5.41) is 8.68. The van der Waals surface area contributed by atoms with Gasteiger partial charge in [0.1, 0.15) is 0 Å². The summed E-state index contributed by atoms with van der Waals surface area (Å²) < 4.78 is 36.3.